The molecule has 1 amide bonds. The molecular formula is C20H19BrN6O2. The molecule has 4 atom stereocenters. The van der Waals surface area contributed by atoms with Crippen LogP contribution in [0.4, 0.5) is 5.69 Å². The molecule has 8 nitrogen and oxygen atoms in total. The fourth-order valence-electron chi connectivity index (χ4n) is 4.38. The van der Waals surface area contributed by atoms with Crippen LogP contribution in [0.2, 0.25) is 0 Å². The van der Waals surface area contributed by atoms with Crippen molar-refractivity contribution >= 4 is 38.7 Å². The van der Waals surface area contributed by atoms with Crippen molar-refractivity contribution in [1.29, 1.82) is 0 Å². The van der Waals surface area contributed by atoms with Crippen LogP contribution >= 0.6 is 15.9 Å². The molecular weight excluding hydrogens is 436 g/mol. The standard InChI is InChI=1S/C20H19BrN6O2/c1-8-9-5-10(9)15(14(8)18(22)28)25-16-12(21)7-24-20-17(16)26-19(27-20)11-6-23-4-3-13(11)29-2/h3-8,10,14-15H,1-2H3,(H2,22,28)(H2,24,25,26,27)/t8-,10-,14-,15+/m0/s1. The van der Waals surface area contributed by atoms with E-state index in [0.717, 1.165) is 21.2 Å². The molecule has 0 aliphatic heterocycles. The van der Waals surface area contributed by atoms with Gasteiger partial charge in [0.15, 0.2) is 5.65 Å². The predicted molar refractivity (Wildman–Crippen MR) is 112 cm³/mol. The fourth-order valence-corrected chi connectivity index (χ4v) is 4.79. The first-order chi connectivity index (χ1) is 14.0. The third-order valence-corrected chi connectivity index (χ3v) is 6.46. The summed E-state index contributed by atoms with van der Waals surface area (Å²) in [6.45, 7) is 2.06. The highest BCUT2D eigenvalue weighted by Crippen LogP contribution is 2.53. The van der Waals surface area contributed by atoms with E-state index < -0.39 is 0 Å². The van der Waals surface area contributed by atoms with Gasteiger partial charge >= 0.3 is 0 Å². The van der Waals surface area contributed by atoms with E-state index in [0.29, 0.717) is 17.2 Å². The highest BCUT2D eigenvalue weighted by molar-refractivity contribution is 9.10. The second-order valence-corrected chi connectivity index (χ2v) is 8.27. The summed E-state index contributed by atoms with van der Waals surface area (Å²) < 4.78 is 6.21. The summed E-state index contributed by atoms with van der Waals surface area (Å²) in [5, 5.41) is 3.54. The van der Waals surface area contributed by atoms with Crippen LogP contribution in [0.1, 0.15) is 6.92 Å². The third kappa shape index (κ3) is 2.79. The average Bonchev–Trinajstić information content (AvgIpc) is 3.31. The molecule has 29 heavy (non-hydrogen) atoms. The van der Waals surface area contributed by atoms with Gasteiger partial charge in [-0.3, -0.25) is 9.78 Å². The summed E-state index contributed by atoms with van der Waals surface area (Å²) >= 11 is 3.58. The second-order valence-electron chi connectivity index (χ2n) is 7.42. The van der Waals surface area contributed by atoms with Crippen molar-refractivity contribution in [1.82, 2.24) is 19.9 Å². The van der Waals surface area contributed by atoms with Gasteiger partial charge in [-0.25, -0.2) is 9.97 Å². The van der Waals surface area contributed by atoms with Crippen molar-refractivity contribution in [2.75, 3.05) is 12.4 Å². The molecule has 0 bridgehead atoms. The molecule has 4 N–H and O–H groups in total. The molecule has 2 aliphatic carbocycles. The van der Waals surface area contributed by atoms with Gasteiger partial charge in [-0.05, 0) is 27.9 Å². The van der Waals surface area contributed by atoms with Crippen LogP contribution in [0.3, 0.4) is 0 Å². The normalized spacial score (nSPS) is 24.9. The number of pyridine rings is 2. The van der Waals surface area contributed by atoms with Crippen LogP contribution in [-0.2, 0) is 4.79 Å². The quantitative estimate of drug-likeness (QED) is 0.509. The maximum atomic E-state index is 12.1. The van der Waals surface area contributed by atoms with Gasteiger partial charge in [0.05, 0.1) is 28.8 Å². The van der Waals surface area contributed by atoms with E-state index in [1.807, 2.05) is 0 Å². The number of H-pyrrole nitrogens is 1. The summed E-state index contributed by atoms with van der Waals surface area (Å²) in [7, 11) is 1.61. The van der Waals surface area contributed by atoms with Gasteiger partial charge < -0.3 is 20.8 Å². The zero-order chi connectivity index (χ0) is 20.3. The molecule has 0 unspecified atom stereocenters. The topological polar surface area (TPSA) is 119 Å². The Morgan fingerprint density at radius 2 is 2.21 bits per heavy atom. The molecule has 0 saturated heterocycles. The number of ether oxygens (including phenoxy) is 1. The number of amides is 1. The number of aromatic amines is 1. The monoisotopic (exact) mass is 454 g/mol. The second kappa shape index (κ2) is 6.55. The van der Waals surface area contributed by atoms with Crippen molar-refractivity contribution < 1.29 is 9.53 Å². The number of nitrogens with two attached hydrogens (primary N) is 1. The number of hydrogen-bond acceptors (Lipinski definition) is 6. The van der Waals surface area contributed by atoms with Crippen molar-refractivity contribution in [2.45, 2.75) is 13.0 Å². The molecule has 0 spiro atoms. The first-order valence-corrected chi connectivity index (χ1v) is 10.1. The molecule has 1 fully saturated rings. The third-order valence-electron chi connectivity index (χ3n) is 5.86. The SMILES string of the molecule is COc1ccncc1-c1nc2ncc(Br)c(N[C@H]3[C@@H](C(N)=O)[C@@H](C)C4=C[C@@H]43)c2[nH]1. The number of fused-ring (bicyclic) bond motifs is 2. The van der Waals surface area contributed by atoms with Crippen LogP contribution in [0.15, 0.2) is 40.8 Å². The van der Waals surface area contributed by atoms with Gasteiger partial charge in [0, 0.05) is 30.6 Å². The van der Waals surface area contributed by atoms with Gasteiger partial charge in [0.25, 0.3) is 0 Å². The number of methoxy groups -OCH3 is 1. The zero-order valence-electron chi connectivity index (χ0n) is 15.8. The average molecular weight is 455 g/mol. The van der Waals surface area contributed by atoms with E-state index in [1.165, 1.54) is 5.57 Å². The zero-order valence-corrected chi connectivity index (χ0v) is 17.4. The lowest BCUT2D eigenvalue weighted by molar-refractivity contribution is -0.122. The lowest BCUT2D eigenvalue weighted by Gasteiger charge is -2.24. The lowest BCUT2D eigenvalue weighted by Crippen LogP contribution is -2.39. The van der Waals surface area contributed by atoms with Gasteiger partial charge in [0.2, 0.25) is 5.91 Å². The van der Waals surface area contributed by atoms with E-state index in [4.69, 9.17) is 10.5 Å². The summed E-state index contributed by atoms with van der Waals surface area (Å²) in [6, 6.07) is 1.70. The van der Waals surface area contributed by atoms with Gasteiger partial charge in [-0.15, -0.1) is 0 Å². The van der Waals surface area contributed by atoms with Crippen molar-refractivity contribution in [3.63, 3.8) is 0 Å². The van der Waals surface area contributed by atoms with Crippen LogP contribution in [0.5, 0.6) is 5.75 Å². The molecule has 3 aromatic heterocycles. The Bertz CT molecular complexity index is 1170. The van der Waals surface area contributed by atoms with E-state index >= 15 is 0 Å². The van der Waals surface area contributed by atoms with Gasteiger partial charge in [-0.1, -0.05) is 18.6 Å². The predicted octanol–water partition coefficient (Wildman–Crippen LogP) is 2.88. The van der Waals surface area contributed by atoms with E-state index in [2.05, 4.69) is 54.2 Å². The van der Waals surface area contributed by atoms with E-state index in [-0.39, 0.29) is 29.7 Å². The minimum atomic E-state index is -0.282. The van der Waals surface area contributed by atoms with Gasteiger partial charge in [-0.2, -0.15) is 0 Å². The Balaban J connectivity index is 1.57. The summed E-state index contributed by atoms with van der Waals surface area (Å²) in [4.78, 5) is 28.6. The van der Waals surface area contributed by atoms with Crippen LogP contribution in [0, 0.1) is 17.8 Å². The number of nitrogens with zero attached hydrogens (tertiary/aromatic N) is 3. The Labute approximate surface area is 175 Å². The highest BCUT2D eigenvalue weighted by atomic mass is 79.9. The molecule has 0 radical (unpaired) electrons. The number of anilines is 1. The minimum Gasteiger partial charge on any atom is -0.496 e. The Morgan fingerprint density at radius 1 is 1.38 bits per heavy atom. The lowest BCUT2D eigenvalue weighted by atomic mass is 9.91. The number of carbonyl (C=O) groups excluding carboxylic acids is 1. The smallest absolute Gasteiger partial charge is 0.223 e. The molecule has 0 aromatic carbocycles. The molecule has 5 rings (SSSR count). The van der Waals surface area contributed by atoms with Crippen molar-refractivity contribution in [3.8, 4) is 17.1 Å². The van der Waals surface area contributed by atoms with Gasteiger partial charge in [0.1, 0.15) is 17.1 Å². The number of imidazole rings is 1. The first-order valence-electron chi connectivity index (χ1n) is 9.29. The number of halogens is 1. The number of rotatable bonds is 5. The molecule has 2 aliphatic rings. The summed E-state index contributed by atoms with van der Waals surface area (Å²) in [6.07, 6.45) is 7.26. The number of carbonyl (C=O) groups is 1. The maximum absolute atomic E-state index is 12.1. The van der Waals surface area contributed by atoms with E-state index in [9.17, 15) is 4.79 Å². The van der Waals surface area contributed by atoms with Crippen molar-refractivity contribution in [3.05, 3.63) is 40.8 Å². The number of primary amides is 1. The molecule has 9 heteroatoms. The largest absolute Gasteiger partial charge is 0.496 e. The first kappa shape index (κ1) is 18.1. The van der Waals surface area contributed by atoms with Crippen LogP contribution in [-0.4, -0.2) is 39.0 Å². The van der Waals surface area contributed by atoms with E-state index in [1.54, 1.807) is 31.8 Å². The molecule has 3 heterocycles. The Kier molecular flexibility index (Phi) is 4.09. The minimum absolute atomic E-state index is 0.0842. The van der Waals surface area contributed by atoms with Crippen LogP contribution in [0.25, 0.3) is 22.6 Å². The molecule has 1 saturated carbocycles. The number of nitrogens with one attached hydrogen (secondary N) is 2. The summed E-state index contributed by atoms with van der Waals surface area (Å²) in [5.41, 5.74) is 9.86. The highest BCUT2D eigenvalue weighted by Gasteiger charge is 2.53. The Hall–Kier alpha value is -2.94. The Morgan fingerprint density at radius 3 is 2.97 bits per heavy atom. The molecule has 3 aromatic rings. The van der Waals surface area contributed by atoms with Crippen molar-refractivity contribution in [2.24, 2.45) is 23.5 Å². The summed E-state index contributed by atoms with van der Waals surface area (Å²) in [5.74, 6) is 1.15. The number of aromatic nitrogens is 4. The molecule has 148 valence electrons. The fraction of sp³-hybridized carbons (Fsp3) is 0.300. The van der Waals surface area contributed by atoms with Crippen LogP contribution < -0.4 is 15.8 Å². The maximum Gasteiger partial charge on any atom is 0.223 e. The number of hydrogen-bond donors (Lipinski definition) is 3.